The first-order chi connectivity index (χ1) is 14.7. The van der Waals surface area contributed by atoms with Crippen molar-refractivity contribution in [2.75, 3.05) is 11.9 Å². The molecule has 1 aliphatic carbocycles. The smallest absolute Gasteiger partial charge is 0.333 e. The lowest BCUT2D eigenvalue weighted by Gasteiger charge is -2.33. The fraction of sp³-hybridized carbons (Fsp3) is 0.450. The molecule has 1 aliphatic rings. The fourth-order valence-corrected chi connectivity index (χ4v) is 3.59. The van der Waals surface area contributed by atoms with Crippen molar-refractivity contribution < 1.29 is 18.0 Å². The van der Waals surface area contributed by atoms with Gasteiger partial charge in [0, 0.05) is 24.8 Å². The SMILES string of the molecule is NCc1ccc(-c2cnc(NC(=O)NC3CCCCC3NCC(F)(F)F)[nH]c2=O)cc1. The summed E-state index contributed by atoms with van der Waals surface area (Å²) >= 11 is 0. The highest BCUT2D eigenvalue weighted by Crippen LogP contribution is 2.21. The number of H-pyrrole nitrogens is 1. The number of rotatable bonds is 6. The van der Waals surface area contributed by atoms with Crippen LogP contribution in [-0.4, -0.2) is 40.8 Å². The third-order valence-electron chi connectivity index (χ3n) is 5.18. The van der Waals surface area contributed by atoms with Gasteiger partial charge in [0.25, 0.3) is 5.56 Å². The molecule has 2 aromatic rings. The third kappa shape index (κ3) is 6.53. The van der Waals surface area contributed by atoms with Crippen LogP contribution in [0.25, 0.3) is 11.1 Å². The topological polar surface area (TPSA) is 125 Å². The van der Waals surface area contributed by atoms with Crippen LogP contribution in [-0.2, 0) is 6.54 Å². The van der Waals surface area contributed by atoms with Crippen LogP contribution in [0.4, 0.5) is 23.9 Å². The van der Waals surface area contributed by atoms with Crippen LogP contribution in [0.15, 0.2) is 35.3 Å². The van der Waals surface area contributed by atoms with Gasteiger partial charge in [-0.2, -0.15) is 13.2 Å². The molecule has 0 saturated heterocycles. The zero-order valence-electron chi connectivity index (χ0n) is 16.8. The molecule has 2 atom stereocenters. The Hall–Kier alpha value is -2.92. The number of amides is 2. The number of hydrogen-bond donors (Lipinski definition) is 5. The van der Waals surface area contributed by atoms with Crippen LogP contribution >= 0.6 is 0 Å². The molecule has 6 N–H and O–H groups in total. The zero-order valence-corrected chi connectivity index (χ0v) is 16.8. The van der Waals surface area contributed by atoms with Gasteiger partial charge in [-0.05, 0) is 24.0 Å². The summed E-state index contributed by atoms with van der Waals surface area (Å²) < 4.78 is 37.5. The van der Waals surface area contributed by atoms with E-state index in [0.29, 0.717) is 30.5 Å². The van der Waals surface area contributed by atoms with Crippen molar-refractivity contribution in [1.82, 2.24) is 20.6 Å². The van der Waals surface area contributed by atoms with Gasteiger partial charge >= 0.3 is 12.2 Å². The van der Waals surface area contributed by atoms with E-state index in [1.165, 1.54) is 6.20 Å². The van der Waals surface area contributed by atoms with E-state index in [-0.39, 0.29) is 5.95 Å². The van der Waals surface area contributed by atoms with Crippen LogP contribution in [0, 0.1) is 0 Å². The van der Waals surface area contributed by atoms with Crippen LogP contribution in [0.3, 0.4) is 0 Å². The second-order valence-corrected chi connectivity index (χ2v) is 7.47. The average Bonchev–Trinajstić information content (AvgIpc) is 2.73. The number of hydrogen-bond acceptors (Lipinski definition) is 5. The van der Waals surface area contributed by atoms with Crippen molar-refractivity contribution in [3.63, 3.8) is 0 Å². The van der Waals surface area contributed by atoms with E-state index >= 15 is 0 Å². The summed E-state index contributed by atoms with van der Waals surface area (Å²) in [6.07, 6.45) is -0.279. The molecule has 31 heavy (non-hydrogen) atoms. The highest BCUT2D eigenvalue weighted by molar-refractivity contribution is 5.87. The van der Waals surface area contributed by atoms with E-state index in [0.717, 1.165) is 18.4 Å². The van der Waals surface area contributed by atoms with Crippen molar-refractivity contribution in [1.29, 1.82) is 0 Å². The first kappa shape index (κ1) is 22.8. The van der Waals surface area contributed by atoms with Gasteiger partial charge in [0.15, 0.2) is 0 Å². The maximum absolute atomic E-state index is 12.5. The van der Waals surface area contributed by atoms with Gasteiger partial charge in [-0.15, -0.1) is 0 Å². The second kappa shape index (κ2) is 9.92. The Kier molecular flexibility index (Phi) is 7.29. The average molecular weight is 438 g/mol. The predicted molar refractivity (Wildman–Crippen MR) is 110 cm³/mol. The van der Waals surface area contributed by atoms with E-state index in [1.807, 2.05) is 12.1 Å². The molecule has 11 heteroatoms. The van der Waals surface area contributed by atoms with E-state index < -0.39 is 36.4 Å². The molecular formula is C20H25F3N6O2. The minimum Gasteiger partial charge on any atom is -0.333 e. The lowest BCUT2D eigenvalue weighted by Crippen LogP contribution is -2.54. The lowest BCUT2D eigenvalue weighted by molar-refractivity contribution is -0.126. The number of halogens is 3. The van der Waals surface area contributed by atoms with Gasteiger partial charge in [-0.25, -0.2) is 9.78 Å². The number of nitrogens with one attached hydrogen (secondary N) is 4. The molecule has 3 rings (SSSR count). The number of carbonyl (C=O) groups is 1. The number of carbonyl (C=O) groups excluding carboxylic acids is 1. The summed E-state index contributed by atoms with van der Waals surface area (Å²) in [5.41, 5.74) is 7.04. The molecule has 168 valence electrons. The molecule has 1 aromatic carbocycles. The van der Waals surface area contributed by atoms with Gasteiger partial charge in [0.1, 0.15) is 0 Å². The summed E-state index contributed by atoms with van der Waals surface area (Å²) in [5.74, 6) is -0.0551. The van der Waals surface area contributed by atoms with Gasteiger partial charge in [0.2, 0.25) is 5.95 Å². The second-order valence-electron chi connectivity index (χ2n) is 7.47. The predicted octanol–water partition coefficient (Wildman–Crippen LogP) is 2.48. The number of aromatic nitrogens is 2. The maximum atomic E-state index is 12.5. The molecule has 1 saturated carbocycles. The zero-order chi connectivity index (χ0) is 22.4. The Balaban J connectivity index is 1.61. The van der Waals surface area contributed by atoms with E-state index in [9.17, 15) is 22.8 Å². The van der Waals surface area contributed by atoms with Crippen LogP contribution in [0.5, 0.6) is 0 Å². The molecule has 1 heterocycles. The van der Waals surface area contributed by atoms with E-state index in [2.05, 4.69) is 25.9 Å². The third-order valence-corrected chi connectivity index (χ3v) is 5.18. The maximum Gasteiger partial charge on any atom is 0.401 e. The Morgan fingerprint density at radius 1 is 1.16 bits per heavy atom. The van der Waals surface area contributed by atoms with Crippen LogP contribution < -0.4 is 27.2 Å². The molecule has 1 aromatic heterocycles. The normalized spacial score (nSPS) is 19.1. The first-order valence-electron chi connectivity index (χ1n) is 10.0. The Morgan fingerprint density at radius 3 is 2.45 bits per heavy atom. The lowest BCUT2D eigenvalue weighted by atomic mass is 9.90. The van der Waals surface area contributed by atoms with Crippen LogP contribution in [0.2, 0.25) is 0 Å². The summed E-state index contributed by atoms with van der Waals surface area (Å²) in [5, 5.41) is 7.59. The fourth-order valence-electron chi connectivity index (χ4n) is 3.59. The standard InChI is InChI=1S/C20H25F3N6O2/c21-20(22,23)11-26-15-3-1-2-4-16(15)27-19(31)29-18-25-10-14(17(30)28-18)13-7-5-12(9-24)6-8-13/h5-8,10,15-16,26H,1-4,9,11,24H2,(H3,25,27,28,29,30,31). The molecule has 0 aliphatic heterocycles. The van der Waals surface area contributed by atoms with Gasteiger partial charge in [-0.1, -0.05) is 37.1 Å². The molecular weight excluding hydrogens is 413 g/mol. The summed E-state index contributed by atoms with van der Waals surface area (Å²) in [6.45, 7) is -0.722. The van der Waals surface area contributed by atoms with Crippen LogP contribution in [0.1, 0.15) is 31.2 Å². The van der Waals surface area contributed by atoms with Crippen molar-refractivity contribution >= 4 is 12.0 Å². The van der Waals surface area contributed by atoms with Gasteiger partial charge in [0.05, 0.1) is 12.1 Å². The molecule has 0 spiro atoms. The Bertz CT molecular complexity index is 945. The first-order valence-corrected chi connectivity index (χ1v) is 10.0. The summed E-state index contributed by atoms with van der Waals surface area (Å²) in [7, 11) is 0. The van der Waals surface area contributed by atoms with Gasteiger partial charge in [-0.3, -0.25) is 15.1 Å². The number of anilines is 1. The molecule has 2 amide bonds. The minimum atomic E-state index is -4.32. The van der Waals surface area contributed by atoms with Crippen molar-refractivity contribution in [2.24, 2.45) is 5.73 Å². The highest BCUT2D eigenvalue weighted by atomic mass is 19.4. The number of alkyl halides is 3. The number of nitrogens with two attached hydrogens (primary N) is 1. The number of benzene rings is 1. The highest BCUT2D eigenvalue weighted by Gasteiger charge is 2.32. The molecule has 2 unspecified atom stereocenters. The number of nitrogens with zero attached hydrogens (tertiary/aromatic N) is 1. The quantitative estimate of drug-likeness (QED) is 0.474. The molecule has 0 radical (unpaired) electrons. The molecule has 0 bridgehead atoms. The largest absolute Gasteiger partial charge is 0.401 e. The monoisotopic (exact) mass is 438 g/mol. The molecule has 1 fully saturated rings. The van der Waals surface area contributed by atoms with Gasteiger partial charge < -0.3 is 16.4 Å². The molecule has 8 nitrogen and oxygen atoms in total. The van der Waals surface area contributed by atoms with E-state index in [4.69, 9.17) is 5.73 Å². The van der Waals surface area contributed by atoms with Crippen molar-refractivity contribution in [3.05, 3.63) is 46.4 Å². The number of urea groups is 1. The van der Waals surface area contributed by atoms with Crippen molar-refractivity contribution in [3.8, 4) is 11.1 Å². The minimum absolute atomic E-state index is 0.0551. The van der Waals surface area contributed by atoms with E-state index in [1.54, 1.807) is 12.1 Å². The summed E-state index contributed by atoms with van der Waals surface area (Å²) in [4.78, 5) is 31.3. The summed E-state index contributed by atoms with van der Waals surface area (Å²) in [6, 6.07) is 5.55. The Labute approximate surface area is 176 Å². The van der Waals surface area contributed by atoms with Crippen molar-refractivity contribution in [2.45, 2.75) is 50.5 Å². The Morgan fingerprint density at radius 2 is 1.84 bits per heavy atom. The number of aromatic amines is 1.